The molecule has 0 bridgehead atoms. The number of nitrogens with one attached hydrogen (secondary N) is 1. The van der Waals surface area contributed by atoms with Crippen LogP contribution in [0.1, 0.15) is 45.2 Å². The highest BCUT2D eigenvalue weighted by atomic mass is 15.1. The minimum Gasteiger partial charge on any atom is -0.314 e. The van der Waals surface area contributed by atoms with Gasteiger partial charge >= 0.3 is 0 Å². The van der Waals surface area contributed by atoms with Crippen molar-refractivity contribution < 1.29 is 0 Å². The molecule has 0 saturated carbocycles. The van der Waals surface area contributed by atoms with Crippen LogP contribution in [0.2, 0.25) is 0 Å². The van der Waals surface area contributed by atoms with Crippen molar-refractivity contribution in [2.45, 2.75) is 53.1 Å². The number of benzene rings is 1. The Morgan fingerprint density at radius 3 is 2.33 bits per heavy atom. The molecule has 2 atom stereocenters. The summed E-state index contributed by atoms with van der Waals surface area (Å²) < 4.78 is 0. The van der Waals surface area contributed by atoms with E-state index >= 15 is 0 Å². The third kappa shape index (κ3) is 5.44. The van der Waals surface area contributed by atoms with E-state index in [0.29, 0.717) is 6.04 Å². The van der Waals surface area contributed by atoms with Crippen LogP contribution in [-0.2, 0) is 13.0 Å². The first-order valence-electron chi connectivity index (χ1n) is 8.57. The van der Waals surface area contributed by atoms with Gasteiger partial charge in [0.25, 0.3) is 0 Å². The third-order valence-corrected chi connectivity index (χ3v) is 4.40. The molecule has 0 spiro atoms. The lowest BCUT2D eigenvalue weighted by Crippen LogP contribution is -2.38. The smallest absolute Gasteiger partial charge is 0.0236 e. The van der Waals surface area contributed by atoms with Crippen molar-refractivity contribution in [3.8, 4) is 0 Å². The zero-order valence-corrected chi connectivity index (χ0v) is 14.2. The molecule has 21 heavy (non-hydrogen) atoms. The molecule has 1 heterocycles. The lowest BCUT2D eigenvalue weighted by atomic mass is 9.91. The summed E-state index contributed by atoms with van der Waals surface area (Å²) in [6.45, 7) is 13.9. The van der Waals surface area contributed by atoms with Crippen molar-refractivity contribution in [3.05, 3.63) is 35.4 Å². The first-order chi connectivity index (χ1) is 10.0. The van der Waals surface area contributed by atoms with Crippen LogP contribution in [-0.4, -0.2) is 30.6 Å². The molecule has 2 nitrogen and oxygen atoms in total. The van der Waals surface area contributed by atoms with E-state index in [1.807, 2.05) is 0 Å². The standard InChI is InChI=1S/C19H32N2/c1-15(2)20-10-9-18-7-5-6-8-19(18)14-21-12-16(3)11-17(4)13-21/h5-8,15-17,20H,9-14H2,1-4H3. The van der Waals surface area contributed by atoms with Crippen molar-refractivity contribution >= 4 is 0 Å². The monoisotopic (exact) mass is 288 g/mol. The van der Waals surface area contributed by atoms with E-state index in [-0.39, 0.29) is 0 Å². The molecule has 0 amide bonds. The summed E-state index contributed by atoms with van der Waals surface area (Å²) in [4.78, 5) is 2.65. The number of likely N-dealkylation sites (tertiary alicyclic amines) is 1. The van der Waals surface area contributed by atoms with Gasteiger partial charge in [-0.2, -0.15) is 0 Å². The van der Waals surface area contributed by atoms with Crippen molar-refractivity contribution in [1.29, 1.82) is 0 Å². The highest BCUT2D eigenvalue weighted by Crippen LogP contribution is 2.23. The molecule has 1 fully saturated rings. The second-order valence-corrected chi connectivity index (χ2v) is 7.27. The van der Waals surface area contributed by atoms with Gasteiger partial charge in [0.15, 0.2) is 0 Å². The summed E-state index contributed by atoms with van der Waals surface area (Å²) in [6.07, 6.45) is 2.52. The van der Waals surface area contributed by atoms with Crippen molar-refractivity contribution in [3.63, 3.8) is 0 Å². The summed E-state index contributed by atoms with van der Waals surface area (Å²) in [5.74, 6) is 1.67. The largest absolute Gasteiger partial charge is 0.314 e. The predicted octanol–water partition coefficient (Wildman–Crippen LogP) is 3.71. The molecule has 1 saturated heterocycles. The first-order valence-corrected chi connectivity index (χ1v) is 8.57. The second kappa shape index (κ2) is 7.95. The quantitative estimate of drug-likeness (QED) is 0.858. The minimum atomic E-state index is 0.570. The number of hydrogen-bond donors (Lipinski definition) is 1. The molecule has 2 rings (SSSR count). The Kier molecular flexibility index (Phi) is 6.25. The molecule has 1 N–H and O–H groups in total. The van der Waals surface area contributed by atoms with Gasteiger partial charge in [-0.15, -0.1) is 0 Å². The Hall–Kier alpha value is -0.860. The van der Waals surface area contributed by atoms with E-state index in [0.717, 1.165) is 31.3 Å². The van der Waals surface area contributed by atoms with Crippen LogP contribution in [0.3, 0.4) is 0 Å². The van der Waals surface area contributed by atoms with Crippen LogP contribution in [0.15, 0.2) is 24.3 Å². The average Bonchev–Trinajstić information content (AvgIpc) is 2.39. The molecular formula is C19H32N2. The molecule has 0 aliphatic carbocycles. The normalized spacial score (nSPS) is 23.7. The maximum Gasteiger partial charge on any atom is 0.0236 e. The van der Waals surface area contributed by atoms with Crippen LogP contribution in [0.5, 0.6) is 0 Å². The number of nitrogens with zero attached hydrogens (tertiary/aromatic N) is 1. The zero-order chi connectivity index (χ0) is 15.2. The van der Waals surface area contributed by atoms with Crippen LogP contribution in [0.25, 0.3) is 0 Å². The second-order valence-electron chi connectivity index (χ2n) is 7.27. The summed E-state index contributed by atoms with van der Waals surface area (Å²) in [6, 6.07) is 9.55. The maximum atomic E-state index is 3.53. The molecule has 118 valence electrons. The Bertz CT molecular complexity index is 417. The summed E-state index contributed by atoms with van der Waals surface area (Å²) in [5, 5.41) is 3.53. The number of rotatable bonds is 6. The molecule has 0 radical (unpaired) electrons. The van der Waals surface area contributed by atoms with Gasteiger partial charge in [-0.05, 0) is 42.3 Å². The SMILES string of the molecule is CC1CC(C)CN(Cc2ccccc2CCNC(C)C)C1. The third-order valence-electron chi connectivity index (χ3n) is 4.40. The fourth-order valence-corrected chi connectivity index (χ4v) is 3.61. The Morgan fingerprint density at radius 2 is 1.71 bits per heavy atom. The maximum absolute atomic E-state index is 3.53. The lowest BCUT2D eigenvalue weighted by Gasteiger charge is -2.35. The van der Waals surface area contributed by atoms with Gasteiger partial charge in [-0.3, -0.25) is 4.90 Å². The highest BCUT2D eigenvalue weighted by Gasteiger charge is 2.22. The van der Waals surface area contributed by atoms with Crippen LogP contribution >= 0.6 is 0 Å². The summed E-state index contributed by atoms with van der Waals surface area (Å²) in [5.41, 5.74) is 3.03. The van der Waals surface area contributed by atoms with Gasteiger partial charge in [-0.1, -0.05) is 52.0 Å². The Balaban J connectivity index is 1.95. The number of hydrogen-bond acceptors (Lipinski definition) is 2. The van der Waals surface area contributed by atoms with E-state index in [4.69, 9.17) is 0 Å². The Labute approximate surface area is 130 Å². The molecule has 1 aromatic carbocycles. The van der Waals surface area contributed by atoms with E-state index < -0.39 is 0 Å². The van der Waals surface area contributed by atoms with Gasteiger partial charge in [0, 0.05) is 25.7 Å². The average molecular weight is 288 g/mol. The molecule has 1 aromatic rings. The fourth-order valence-electron chi connectivity index (χ4n) is 3.61. The van der Waals surface area contributed by atoms with E-state index in [9.17, 15) is 0 Å². The Morgan fingerprint density at radius 1 is 1.10 bits per heavy atom. The summed E-state index contributed by atoms with van der Waals surface area (Å²) in [7, 11) is 0. The lowest BCUT2D eigenvalue weighted by molar-refractivity contribution is 0.134. The van der Waals surface area contributed by atoms with Gasteiger partial charge in [0.2, 0.25) is 0 Å². The van der Waals surface area contributed by atoms with E-state index in [1.54, 1.807) is 0 Å². The van der Waals surface area contributed by atoms with Crippen molar-refractivity contribution in [2.75, 3.05) is 19.6 Å². The van der Waals surface area contributed by atoms with E-state index in [1.165, 1.54) is 30.6 Å². The van der Waals surface area contributed by atoms with Gasteiger partial charge in [0.1, 0.15) is 0 Å². The van der Waals surface area contributed by atoms with Crippen molar-refractivity contribution in [2.24, 2.45) is 11.8 Å². The fraction of sp³-hybridized carbons (Fsp3) is 0.684. The highest BCUT2D eigenvalue weighted by molar-refractivity contribution is 5.27. The molecule has 2 heteroatoms. The molecule has 1 aliphatic heterocycles. The van der Waals surface area contributed by atoms with Gasteiger partial charge in [-0.25, -0.2) is 0 Å². The molecule has 1 aliphatic rings. The molecule has 0 aromatic heterocycles. The van der Waals surface area contributed by atoms with Crippen molar-refractivity contribution in [1.82, 2.24) is 10.2 Å². The summed E-state index contributed by atoms with van der Waals surface area (Å²) >= 11 is 0. The molecular weight excluding hydrogens is 256 g/mol. The van der Waals surface area contributed by atoms with Gasteiger partial charge < -0.3 is 5.32 Å². The zero-order valence-electron chi connectivity index (χ0n) is 14.2. The minimum absolute atomic E-state index is 0.570. The van der Waals surface area contributed by atoms with Gasteiger partial charge in [0.05, 0.1) is 0 Å². The van der Waals surface area contributed by atoms with E-state index in [2.05, 4.69) is 62.2 Å². The predicted molar refractivity (Wildman–Crippen MR) is 91.5 cm³/mol. The van der Waals surface area contributed by atoms with Crippen LogP contribution < -0.4 is 5.32 Å². The number of piperidine rings is 1. The first kappa shape index (κ1) is 16.5. The topological polar surface area (TPSA) is 15.3 Å². The molecule has 2 unspecified atom stereocenters. The van der Waals surface area contributed by atoms with Crippen LogP contribution in [0.4, 0.5) is 0 Å². The van der Waals surface area contributed by atoms with Crippen LogP contribution in [0, 0.1) is 11.8 Å².